The monoisotopic (exact) mass is 858 g/mol. The van der Waals surface area contributed by atoms with Crippen molar-refractivity contribution in [1.82, 2.24) is 0 Å². The Morgan fingerprint density at radius 3 is 1.62 bits per heavy atom. The molecular formula is C36H40Br2N6O9. The van der Waals surface area contributed by atoms with Gasteiger partial charge in [-0.05, 0) is 99.6 Å². The molecule has 0 bridgehead atoms. The Morgan fingerprint density at radius 1 is 0.717 bits per heavy atom. The summed E-state index contributed by atoms with van der Waals surface area (Å²) < 4.78 is 6.72. The molecule has 282 valence electrons. The second-order valence-electron chi connectivity index (χ2n) is 11.6. The molecule has 0 aliphatic carbocycles. The number of aromatic carboxylic acids is 1. The Balaban J connectivity index is 0.000000463. The smallest absolute Gasteiger partial charge is 0.412 e. The van der Waals surface area contributed by atoms with Gasteiger partial charge in [0.05, 0.1) is 21.9 Å². The molecule has 0 radical (unpaired) electrons. The maximum Gasteiger partial charge on any atom is 0.412 e. The number of carboxylic acid groups (broad SMARTS) is 1. The summed E-state index contributed by atoms with van der Waals surface area (Å²) in [6, 6.07) is 21.9. The topological polar surface area (TPSA) is 232 Å². The fraction of sp³-hybridized carbons (Fsp3) is 0.194. The van der Waals surface area contributed by atoms with E-state index in [2.05, 4.69) is 53.1 Å². The highest BCUT2D eigenvalue weighted by atomic mass is 79.9. The fourth-order valence-electron chi connectivity index (χ4n) is 3.84. The molecule has 0 unspecified atom stereocenters. The number of nitrogens with zero attached hydrogens (tertiary/aromatic N) is 1. The van der Waals surface area contributed by atoms with Crippen LogP contribution >= 0.6 is 31.9 Å². The van der Waals surface area contributed by atoms with Gasteiger partial charge in [-0.25, -0.2) is 9.59 Å². The highest BCUT2D eigenvalue weighted by Gasteiger charge is 2.18. The molecule has 0 heterocycles. The molecule has 0 aromatic heterocycles. The standard InChI is InChI=1S/C20H22BrN3O4.C9H9NO3.C6H5BrN2O2.CH4/c1-12(25)22-15-8-5-13(6-9-15)18(26)23-17-11-14(21)7-10-16(17)24-19(27)28-20(2,3)4;1-6(11)10-8-4-2-7(3-5-8)9(12)13;7-4-1-2-6(9(10)11)5(8)3-4;/h5-11H,1-4H3,(H,22,25)(H,23,26)(H,24,27);2-5H,1H3,(H,10,11)(H,12,13);1-3H,8H2;1H4. The first-order valence-electron chi connectivity index (χ1n) is 15.0. The summed E-state index contributed by atoms with van der Waals surface area (Å²) in [5, 5.41) is 29.4. The Hall–Kier alpha value is -5.81. The molecule has 0 atom stereocenters. The van der Waals surface area contributed by atoms with E-state index >= 15 is 0 Å². The molecule has 7 N–H and O–H groups in total. The second-order valence-corrected chi connectivity index (χ2v) is 13.4. The van der Waals surface area contributed by atoms with Crippen molar-refractivity contribution in [3.05, 3.63) is 115 Å². The Kier molecular flexibility index (Phi) is 17.8. The van der Waals surface area contributed by atoms with Crippen LogP contribution in [0.5, 0.6) is 0 Å². The Labute approximate surface area is 323 Å². The summed E-state index contributed by atoms with van der Waals surface area (Å²) in [6.45, 7) is 8.10. The van der Waals surface area contributed by atoms with Gasteiger partial charge in [0.25, 0.3) is 11.6 Å². The summed E-state index contributed by atoms with van der Waals surface area (Å²) in [4.78, 5) is 66.5. The average molecular weight is 861 g/mol. The van der Waals surface area contributed by atoms with Crippen molar-refractivity contribution in [2.45, 2.75) is 47.6 Å². The van der Waals surface area contributed by atoms with Crippen LogP contribution in [0.15, 0.2) is 93.9 Å². The molecule has 0 fully saturated rings. The lowest BCUT2D eigenvalue weighted by molar-refractivity contribution is -0.383. The number of ether oxygens (including phenoxy) is 1. The van der Waals surface area contributed by atoms with Crippen LogP contribution < -0.4 is 27.0 Å². The van der Waals surface area contributed by atoms with Gasteiger partial charge < -0.3 is 31.5 Å². The van der Waals surface area contributed by atoms with Crippen LogP contribution in [-0.2, 0) is 14.3 Å². The van der Waals surface area contributed by atoms with E-state index in [1.165, 1.54) is 38.1 Å². The molecule has 4 amide bonds. The van der Waals surface area contributed by atoms with E-state index in [0.717, 1.165) is 8.95 Å². The molecule has 0 spiro atoms. The van der Waals surface area contributed by atoms with Crippen LogP contribution in [-0.4, -0.2) is 45.4 Å². The molecule has 0 saturated carbocycles. The zero-order chi connectivity index (χ0) is 39.2. The molecular weight excluding hydrogens is 820 g/mol. The number of hydrogen-bond donors (Lipinski definition) is 6. The molecule has 4 rings (SSSR count). The van der Waals surface area contributed by atoms with Gasteiger partial charge in [0.2, 0.25) is 11.8 Å². The molecule has 4 aromatic rings. The SMILES string of the molecule is C.CC(=O)Nc1ccc(C(=O)Nc2cc(Br)ccc2NC(=O)OC(C)(C)C)cc1.CC(=O)Nc1ccc(C(=O)O)cc1.Nc1cc(Br)ccc1[N+](=O)[O-]. The number of nitrogen functional groups attached to an aromatic ring is 1. The number of nitro benzene ring substituents is 1. The molecule has 17 heteroatoms. The number of nitrogens with one attached hydrogen (secondary N) is 4. The minimum Gasteiger partial charge on any atom is -0.478 e. The number of nitrogens with two attached hydrogens (primary N) is 1. The van der Waals surface area contributed by atoms with Gasteiger partial charge in [-0.3, -0.25) is 29.8 Å². The van der Waals surface area contributed by atoms with Crippen molar-refractivity contribution < 1.29 is 38.7 Å². The second kappa shape index (κ2) is 20.9. The molecule has 15 nitrogen and oxygen atoms in total. The number of anilines is 5. The van der Waals surface area contributed by atoms with Gasteiger partial charge in [-0.2, -0.15) is 0 Å². The third kappa shape index (κ3) is 16.8. The van der Waals surface area contributed by atoms with E-state index in [-0.39, 0.29) is 42.1 Å². The van der Waals surface area contributed by atoms with Crippen LogP contribution in [0.2, 0.25) is 0 Å². The highest BCUT2D eigenvalue weighted by molar-refractivity contribution is 9.10. The molecule has 4 aromatic carbocycles. The van der Waals surface area contributed by atoms with E-state index < -0.39 is 22.6 Å². The lowest BCUT2D eigenvalue weighted by Gasteiger charge is -2.20. The fourth-order valence-corrected chi connectivity index (χ4v) is 4.58. The van der Waals surface area contributed by atoms with E-state index in [9.17, 15) is 34.1 Å². The normalized spacial score (nSPS) is 9.94. The number of benzene rings is 4. The van der Waals surface area contributed by atoms with Crippen molar-refractivity contribution in [1.29, 1.82) is 0 Å². The van der Waals surface area contributed by atoms with Gasteiger partial charge in [-0.15, -0.1) is 0 Å². The first-order valence-corrected chi connectivity index (χ1v) is 16.6. The first-order chi connectivity index (χ1) is 24.2. The average Bonchev–Trinajstić information content (AvgIpc) is 3.02. The van der Waals surface area contributed by atoms with Crippen LogP contribution in [0.1, 0.15) is 62.8 Å². The predicted octanol–water partition coefficient (Wildman–Crippen LogP) is 8.93. The number of nitro groups is 1. The number of carbonyl (C=O) groups is 5. The van der Waals surface area contributed by atoms with E-state index in [0.29, 0.717) is 28.3 Å². The summed E-state index contributed by atoms with van der Waals surface area (Å²) in [5.74, 6) is -1.71. The number of hydrogen-bond acceptors (Lipinski definition) is 9. The third-order valence-electron chi connectivity index (χ3n) is 5.97. The van der Waals surface area contributed by atoms with Crippen LogP contribution in [0, 0.1) is 10.1 Å². The van der Waals surface area contributed by atoms with E-state index in [1.807, 2.05) is 0 Å². The number of amides is 4. The lowest BCUT2D eigenvalue weighted by atomic mass is 10.1. The van der Waals surface area contributed by atoms with Crippen LogP contribution in [0.4, 0.5) is 38.9 Å². The van der Waals surface area contributed by atoms with E-state index in [4.69, 9.17) is 15.6 Å². The van der Waals surface area contributed by atoms with Crippen molar-refractivity contribution in [3.8, 4) is 0 Å². The van der Waals surface area contributed by atoms with E-state index in [1.54, 1.807) is 81.4 Å². The number of rotatable bonds is 7. The maximum atomic E-state index is 12.6. The zero-order valence-electron chi connectivity index (χ0n) is 28.6. The highest BCUT2D eigenvalue weighted by Crippen LogP contribution is 2.28. The molecule has 53 heavy (non-hydrogen) atoms. The van der Waals surface area contributed by atoms with Crippen molar-refractivity contribution in [2.75, 3.05) is 27.0 Å². The summed E-state index contributed by atoms with van der Waals surface area (Å²) in [7, 11) is 0. The number of carboxylic acids is 1. The van der Waals surface area contributed by atoms with Crippen LogP contribution in [0.25, 0.3) is 0 Å². The molecule has 0 aliphatic rings. The minimum absolute atomic E-state index is 0. The molecule has 0 saturated heterocycles. The van der Waals surface area contributed by atoms with Crippen molar-refractivity contribution >= 4 is 95.8 Å². The first kappa shape index (κ1) is 45.2. The third-order valence-corrected chi connectivity index (χ3v) is 6.96. The quantitative estimate of drug-likeness (QED) is 0.0587. The predicted molar refractivity (Wildman–Crippen MR) is 212 cm³/mol. The Morgan fingerprint density at radius 2 is 1.19 bits per heavy atom. The van der Waals surface area contributed by atoms with Gasteiger partial charge >= 0.3 is 12.1 Å². The largest absolute Gasteiger partial charge is 0.478 e. The van der Waals surface area contributed by atoms with Crippen molar-refractivity contribution in [3.63, 3.8) is 0 Å². The summed E-state index contributed by atoms with van der Waals surface area (Å²) >= 11 is 6.50. The zero-order valence-corrected chi connectivity index (χ0v) is 31.7. The minimum atomic E-state index is -0.977. The number of halogens is 2. The Bertz CT molecular complexity index is 1930. The summed E-state index contributed by atoms with van der Waals surface area (Å²) in [6.07, 6.45) is -0.620. The van der Waals surface area contributed by atoms with Gasteiger partial charge in [0.1, 0.15) is 11.3 Å². The molecule has 0 aliphatic heterocycles. The van der Waals surface area contributed by atoms with Gasteiger partial charge in [0.15, 0.2) is 0 Å². The number of carbonyl (C=O) groups excluding carboxylic acids is 4. The van der Waals surface area contributed by atoms with Crippen LogP contribution in [0.3, 0.4) is 0 Å². The maximum absolute atomic E-state index is 12.6. The van der Waals surface area contributed by atoms with Gasteiger partial charge in [0, 0.05) is 45.8 Å². The summed E-state index contributed by atoms with van der Waals surface area (Å²) in [5.41, 5.74) is 7.43. The lowest BCUT2D eigenvalue weighted by Crippen LogP contribution is -2.27. The van der Waals surface area contributed by atoms with Crippen molar-refractivity contribution in [2.24, 2.45) is 0 Å². The van der Waals surface area contributed by atoms with Gasteiger partial charge in [-0.1, -0.05) is 39.3 Å².